The maximum atomic E-state index is 12.2. The molecule has 1 aliphatic heterocycles. The van der Waals surface area contributed by atoms with E-state index in [4.69, 9.17) is 19.3 Å². The molecule has 206 valence electrons. The molecule has 5 rings (SSSR count). The second kappa shape index (κ2) is 10.2. The second-order valence-electron chi connectivity index (χ2n) is 9.43. The minimum Gasteiger partial charge on any atom is -0.387 e. The second-order valence-corrected chi connectivity index (χ2v) is 13.6. The molecule has 5 atom stereocenters. The van der Waals surface area contributed by atoms with E-state index in [1.807, 2.05) is 12.1 Å². The molecule has 14 nitrogen and oxygen atoms in total. The topological polar surface area (TPSA) is 206 Å². The minimum atomic E-state index is -4.87. The fourth-order valence-electron chi connectivity index (χ4n) is 4.96. The first-order valence-electron chi connectivity index (χ1n) is 11.8. The van der Waals surface area contributed by atoms with Gasteiger partial charge in [-0.2, -0.15) is 5.10 Å². The predicted molar refractivity (Wildman–Crippen MR) is 134 cm³/mol. The van der Waals surface area contributed by atoms with E-state index in [0.29, 0.717) is 17.0 Å². The molecule has 0 radical (unpaired) electrons. The standard InChI is InChI=1S/C22H28N5O9PS/c1-35-9-17-25-20(24-15-7-6-12-4-2-3-5-13(12)15)14-8-23-27(21(14)26-17)22-19(29)18(28)16(36-22)10-38(33,34)11-37(30,31)32/h2-5,8,15-16,18-19,22,28-29H,6-7,9-11H2,1H3,(H,24,25,26)(H2,30,31,32)/t15-,16-,18-,19-,22-/m1/s1. The zero-order valence-electron chi connectivity index (χ0n) is 20.3. The molecule has 0 amide bonds. The first-order chi connectivity index (χ1) is 18.0. The molecule has 0 unspecified atom stereocenters. The molecule has 0 spiro atoms. The number of nitrogens with one attached hydrogen (secondary N) is 1. The SMILES string of the molecule is COCc1nc(N[C@@H]2CCc3ccccc32)c2cnn([C@@H]3O[C@H](CS(=O)(=O)CP(=O)(O)O)[C@@H](O)[C@H]3O)c2n1. The van der Waals surface area contributed by atoms with Crippen molar-refractivity contribution in [2.45, 2.75) is 50.0 Å². The number of rotatable bonds is 9. The number of anilines is 1. The maximum absolute atomic E-state index is 12.2. The number of nitrogens with zero attached hydrogens (tertiary/aromatic N) is 4. The van der Waals surface area contributed by atoms with E-state index in [-0.39, 0.29) is 18.3 Å². The van der Waals surface area contributed by atoms with Crippen LogP contribution in [-0.4, -0.2) is 84.8 Å². The summed E-state index contributed by atoms with van der Waals surface area (Å²) in [5, 5.41) is 29.5. The lowest BCUT2D eigenvalue weighted by atomic mass is 10.1. The van der Waals surface area contributed by atoms with Gasteiger partial charge in [0.1, 0.15) is 30.7 Å². The van der Waals surface area contributed by atoms with Crippen LogP contribution < -0.4 is 5.32 Å². The third-order valence-corrected chi connectivity index (χ3v) is 10.3. The number of hydrogen-bond donors (Lipinski definition) is 5. The molecule has 5 N–H and O–H groups in total. The molecule has 0 saturated carbocycles. The number of methoxy groups -OCH3 is 1. The maximum Gasteiger partial charge on any atom is 0.340 e. The van der Waals surface area contributed by atoms with Gasteiger partial charge in [-0.1, -0.05) is 24.3 Å². The van der Waals surface area contributed by atoms with Gasteiger partial charge in [0.25, 0.3) is 0 Å². The fourth-order valence-corrected chi connectivity index (χ4v) is 8.21. The summed E-state index contributed by atoms with van der Waals surface area (Å²) in [6.45, 7) is 0.0804. The number of ether oxygens (including phenoxy) is 2. The first-order valence-corrected chi connectivity index (χ1v) is 15.4. The Labute approximate surface area is 217 Å². The molecule has 1 aromatic carbocycles. The van der Waals surface area contributed by atoms with Crippen molar-refractivity contribution in [3.05, 3.63) is 47.4 Å². The molecule has 2 aromatic heterocycles. The normalized spacial score (nSPS) is 25.7. The molecular formula is C22H28N5O9PS. The summed E-state index contributed by atoms with van der Waals surface area (Å²) >= 11 is 0. The number of aromatic nitrogens is 4. The van der Waals surface area contributed by atoms with Crippen LogP contribution in [0.4, 0.5) is 5.82 Å². The van der Waals surface area contributed by atoms with Crippen molar-refractivity contribution in [1.82, 2.24) is 19.7 Å². The highest BCUT2D eigenvalue weighted by Crippen LogP contribution is 2.39. The first kappa shape index (κ1) is 27.1. The van der Waals surface area contributed by atoms with Crippen LogP contribution in [0.25, 0.3) is 11.0 Å². The number of aliphatic hydroxyl groups is 2. The Morgan fingerprint density at radius 1 is 1.21 bits per heavy atom. The van der Waals surface area contributed by atoms with Crippen molar-refractivity contribution in [1.29, 1.82) is 0 Å². The van der Waals surface area contributed by atoms with Gasteiger partial charge in [0.15, 0.2) is 33.0 Å². The van der Waals surface area contributed by atoms with Crippen LogP contribution in [0.15, 0.2) is 30.5 Å². The number of sulfone groups is 1. The van der Waals surface area contributed by atoms with Gasteiger partial charge in [-0.05, 0) is 24.0 Å². The zero-order chi connectivity index (χ0) is 27.2. The van der Waals surface area contributed by atoms with Crippen LogP contribution in [0.5, 0.6) is 0 Å². The summed E-state index contributed by atoms with van der Waals surface area (Å²) in [6, 6.07) is 8.12. The Balaban J connectivity index is 1.46. The van der Waals surface area contributed by atoms with Gasteiger partial charge in [-0.3, -0.25) is 4.57 Å². The van der Waals surface area contributed by atoms with E-state index in [9.17, 15) is 23.2 Å². The molecule has 2 aliphatic rings. The fraction of sp³-hybridized carbons (Fsp3) is 0.500. The molecule has 1 aliphatic carbocycles. The van der Waals surface area contributed by atoms with Gasteiger partial charge in [0, 0.05) is 7.11 Å². The highest BCUT2D eigenvalue weighted by Gasteiger charge is 2.47. The van der Waals surface area contributed by atoms with Crippen molar-refractivity contribution in [3.8, 4) is 0 Å². The number of fused-ring (bicyclic) bond motifs is 2. The minimum absolute atomic E-state index is 0.00167. The van der Waals surface area contributed by atoms with Gasteiger partial charge in [0.05, 0.1) is 23.4 Å². The molecule has 38 heavy (non-hydrogen) atoms. The predicted octanol–water partition coefficient (Wildman–Crippen LogP) is 0.241. The van der Waals surface area contributed by atoms with Crippen molar-refractivity contribution < 1.29 is 42.5 Å². The van der Waals surface area contributed by atoms with E-state index in [2.05, 4.69) is 32.5 Å². The van der Waals surface area contributed by atoms with E-state index < -0.39 is 53.2 Å². The lowest BCUT2D eigenvalue weighted by Crippen LogP contribution is -2.36. The highest BCUT2D eigenvalue weighted by atomic mass is 32.2. The monoisotopic (exact) mass is 569 g/mol. The van der Waals surface area contributed by atoms with Crippen molar-refractivity contribution in [2.24, 2.45) is 0 Å². The molecule has 16 heteroatoms. The van der Waals surface area contributed by atoms with Crippen LogP contribution in [-0.2, 0) is 36.9 Å². The number of hydrogen-bond acceptors (Lipinski definition) is 11. The van der Waals surface area contributed by atoms with Crippen molar-refractivity contribution in [2.75, 3.05) is 23.7 Å². The number of aliphatic hydroxyl groups excluding tert-OH is 2. The Hall–Kier alpha value is -2.49. The summed E-state index contributed by atoms with van der Waals surface area (Å²) in [6.07, 6.45) is -2.75. The average Bonchev–Trinajstić information content (AvgIpc) is 3.50. The largest absolute Gasteiger partial charge is 0.387 e. The Morgan fingerprint density at radius 3 is 2.71 bits per heavy atom. The van der Waals surface area contributed by atoms with Gasteiger partial charge < -0.3 is 34.8 Å². The van der Waals surface area contributed by atoms with Gasteiger partial charge in [0.2, 0.25) is 0 Å². The summed E-state index contributed by atoms with van der Waals surface area (Å²) in [4.78, 5) is 27.2. The zero-order valence-corrected chi connectivity index (χ0v) is 22.0. The van der Waals surface area contributed by atoms with E-state index >= 15 is 0 Å². The lowest BCUT2D eigenvalue weighted by Gasteiger charge is -2.18. The summed E-state index contributed by atoms with van der Waals surface area (Å²) in [7, 11) is -7.69. The molecular weight excluding hydrogens is 541 g/mol. The van der Waals surface area contributed by atoms with E-state index in [1.165, 1.54) is 23.6 Å². The van der Waals surface area contributed by atoms with E-state index in [0.717, 1.165) is 18.4 Å². The van der Waals surface area contributed by atoms with Crippen LogP contribution >= 0.6 is 7.60 Å². The molecule has 3 heterocycles. The molecule has 0 bridgehead atoms. The highest BCUT2D eigenvalue weighted by molar-refractivity contribution is 7.97. The third-order valence-electron chi connectivity index (χ3n) is 6.58. The molecule has 1 saturated heterocycles. The summed E-state index contributed by atoms with van der Waals surface area (Å²) in [5.74, 6) is -0.0859. The lowest BCUT2D eigenvalue weighted by molar-refractivity contribution is -0.0365. The molecule has 3 aromatic rings. The smallest absolute Gasteiger partial charge is 0.340 e. The third kappa shape index (κ3) is 5.46. The van der Waals surface area contributed by atoms with Crippen molar-refractivity contribution in [3.63, 3.8) is 0 Å². The Kier molecular flexibility index (Phi) is 7.30. The van der Waals surface area contributed by atoms with Crippen LogP contribution in [0.3, 0.4) is 0 Å². The quantitative estimate of drug-likeness (QED) is 0.219. The van der Waals surface area contributed by atoms with Gasteiger partial charge in [-0.15, -0.1) is 0 Å². The van der Waals surface area contributed by atoms with E-state index in [1.54, 1.807) is 0 Å². The van der Waals surface area contributed by atoms with Gasteiger partial charge in [-0.25, -0.2) is 23.1 Å². The molecule has 1 fully saturated rings. The van der Waals surface area contributed by atoms with Crippen LogP contribution in [0, 0.1) is 0 Å². The Bertz CT molecular complexity index is 1490. The number of aryl methyl sites for hydroxylation is 1. The summed E-state index contributed by atoms with van der Waals surface area (Å²) in [5.41, 5.74) is 1.28. The Morgan fingerprint density at radius 2 is 1.97 bits per heavy atom. The summed E-state index contributed by atoms with van der Waals surface area (Å²) < 4.78 is 47.8. The average molecular weight is 570 g/mol. The van der Waals surface area contributed by atoms with Gasteiger partial charge >= 0.3 is 7.60 Å². The van der Waals surface area contributed by atoms with Crippen LogP contribution in [0.1, 0.15) is 35.6 Å². The van der Waals surface area contributed by atoms with Crippen molar-refractivity contribution >= 4 is 34.3 Å². The van der Waals surface area contributed by atoms with Crippen LogP contribution in [0.2, 0.25) is 0 Å². The number of benzene rings is 1.